The van der Waals surface area contributed by atoms with Crippen LogP contribution in [0.4, 0.5) is 10.1 Å². The number of rotatable bonds is 4. The van der Waals surface area contributed by atoms with E-state index >= 15 is 0 Å². The van der Waals surface area contributed by atoms with Crippen molar-refractivity contribution in [3.63, 3.8) is 0 Å². The lowest BCUT2D eigenvalue weighted by molar-refractivity contribution is 0.392. The van der Waals surface area contributed by atoms with Crippen LogP contribution in [0.15, 0.2) is 18.2 Å². The fraction of sp³-hybridized carbons (Fsp3) is 0.600. The van der Waals surface area contributed by atoms with Gasteiger partial charge in [-0.25, -0.2) is 4.39 Å². The van der Waals surface area contributed by atoms with Crippen molar-refractivity contribution in [3.05, 3.63) is 29.6 Å². The fourth-order valence-electron chi connectivity index (χ4n) is 2.70. The first-order chi connectivity index (χ1) is 8.74. The topological polar surface area (TPSA) is 15.3 Å². The molecule has 1 aromatic rings. The van der Waals surface area contributed by atoms with Crippen molar-refractivity contribution in [2.24, 2.45) is 5.92 Å². The average molecular weight is 250 g/mol. The minimum absolute atomic E-state index is 0.0855. The summed E-state index contributed by atoms with van der Waals surface area (Å²) < 4.78 is 14.1. The van der Waals surface area contributed by atoms with Gasteiger partial charge in [-0.2, -0.15) is 0 Å². The number of benzene rings is 1. The highest BCUT2D eigenvalue weighted by Crippen LogP contribution is 2.27. The molecule has 1 fully saturated rings. The highest BCUT2D eigenvalue weighted by Gasteiger charge is 2.20. The van der Waals surface area contributed by atoms with Crippen molar-refractivity contribution in [3.8, 4) is 0 Å². The molecule has 0 unspecified atom stereocenters. The molecule has 1 aliphatic rings. The van der Waals surface area contributed by atoms with E-state index in [0.29, 0.717) is 0 Å². The molecule has 2 nitrogen and oxygen atoms in total. The Hall–Kier alpha value is -1.09. The highest BCUT2D eigenvalue weighted by molar-refractivity contribution is 5.49. The lowest BCUT2D eigenvalue weighted by Gasteiger charge is -2.33. The van der Waals surface area contributed by atoms with Gasteiger partial charge in [0, 0.05) is 19.6 Å². The minimum atomic E-state index is -0.0855. The lowest BCUT2D eigenvalue weighted by atomic mass is 9.94. The number of halogens is 1. The van der Waals surface area contributed by atoms with Crippen LogP contribution in [-0.4, -0.2) is 20.1 Å². The standard InChI is InChI=1S/C15H23FN2/c1-3-12-6-8-18(9-7-12)15-5-4-13(11-17-2)10-14(15)16/h4-5,10,12,17H,3,6-9,11H2,1-2H3. The smallest absolute Gasteiger partial charge is 0.146 e. The summed E-state index contributed by atoms with van der Waals surface area (Å²) in [4.78, 5) is 2.19. The van der Waals surface area contributed by atoms with Gasteiger partial charge in [0.25, 0.3) is 0 Å². The average Bonchev–Trinajstić information content (AvgIpc) is 2.40. The number of nitrogens with zero attached hydrogens (tertiary/aromatic N) is 1. The van der Waals surface area contributed by atoms with Gasteiger partial charge in [0.15, 0.2) is 0 Å². The molecule has 0 amide bonds. The molecular weight excluding hydrogens is 227 g/mol. The van der Waals surface area contributed by atoms with Crippen molar-refractivity contribution < 1.29 is 4.39 Å². The van der Waals surface area contributed by atoms with Gasteiger partial charge in [-0.05, 0) is 43.5 Å². The third-order valence-electron chi connectivity index (χ3n) is 3.93. The molecule has 0 saturated carbocycles. The number of hydrogen-bond donors (Lipinski definition) is 1. The summed E-state index contributed by atoms with van der Waals surface area (Å²) in [6, 6.07) is 5.59. The fourth-order valence-corrected chi connectivity index (χ4v) is 2.70. The largest absolute Gasteiger partial charge is 0.369 e. The van der Waals surface area contributed by atoms with E-state index in [4.69, 9.17) is 0 Å². The van der Waals surface area contributed by atoms with Gasteiger partial charge in [0.2, 0.25) is 0 Å². The van der Waals surface area contributed by atoms with Crippen LogP contribution in [0, 0.1) is 11.7 Å². The molecular formula is C15H23FN2. The number of anilines is 1. The van der Waals surface area contributed by atoms with Gasteiger partial charge in [-0.1, -0.05) is 19.4 Å². The molecule has 0 aliphatic carbocycles. The first-order valence-electron chi connectivity index (χ1n) is 6.92. The SMILES string of the molecule is CCC1CCN(c2ccc(CNC)cc2F)CC1. The Morgan fingerprint density at radius 3 is 2.61 bits per heavy atom. The van der Waals surface area contributed by atoms with Crippen molar-refractivity contribution in [1.29, 1.82) is 0 Å². The van der Waals surface area contributed by atoms with Crippen LogP contribution in [0.5, 0.6) is 0 Å². The molecule has 1 heterocycles. The van der Waals surface area contributed by atoms with Gasteiger partial charge in [0.1, 0.15) is 5.82 Å². The van der Waals surface area contributed by atoms with E-state index in [9.17, 15) is 4.39 Å². The predicted octanol–water partition coefficient (Wildman–Crippen LogP) is 3.17. The summed E-state index contributed by atoms with van der Waals surface area (Å²) >= 11 is 0. The Kier molecular flexibility index (Phi) is 4.59. The second-order valence-electron chi connectivity index (χ2n) is 5.15. The normalized spacial score (nSPS) is 17.2. The first-order valence-corrected chi connectivity index (χ1v) is 6.92. The molecule has 1 aliphatic heterocycles. The maximum Gasteiger partial charge on any atom is 0.146 e. The van der Waals surface area contributed by atoms with E-state index in [0.717, 1.165) is 36.8 Å². The Labute approximate surface area is 109 Å². The van der Waals surface area contributed by atoms with E-state index in [1.165, 1.54) is 19.3 Å². The zero-order valence-corrected chi connectivity index (χ0v) is 11.4. The first kappa shape index (κ1) is 13.3. The zero-order valence-electron chi connectivity index (χ0n) is 11.4. The third-order valence-corrected chi connectivity index (χ3v) is 3.93. The van der Waals surface area contributed by atoms with Crippen molar-refractivity contribution in [1.82, 2.24) is 5.32 Å². The van der Waals surface area contributed by atoms with Gasteiger partial charge >= 0.3 is 0 Å². The van der Waals surface area contributed by atoms with E-state index in [1.54, 1.807) is 6.07 Å². The summed E-state index contributed by atoms with van der Waals surface area (Å²) in [5.41, 5.74) is 1.77. The van der Waals surface area contributed by atoms with Gasteiger partial charge < -0.3 is 10.2 Å². The third kappa shape index (κ3) is 3.02. The number of nitrogens with one attached hydrogen (secondary N) is 1. The molecule has 1 saturated heterocycles. The monoisotopic (exact) mass is 250 g/mol. The van der Waals surface area contributed by atoms with E-state index in [1.807, 2.05) is 19.2 Å². The van der Waals surface area contributed by atoms with E-state index in [2.05, 4.69) is 17.1 Å². The van der Waals surface area contributed by atoms with Crippen molar-refractivity contribution in [2.45, 2.75) is 32.7 Å². The molecule has 0 radical (unpaired) electrons. The Balaban J connectivity index is 2.05. The van der Waals surface area contributed by atoms with Crippen LogP contribution in [0.1, 0.15) is 31.7 Å². The molecule has 0 spiro atoms. The minimum Gasteiger partial charge on any atom is -0.369 e. The summed E-state index contributed by atoms with van der Waals surface area (Å²) in [6.07, 6.45) is 3.62. The lowest BCUT2D eigenvalue weighted by Crippen LogP contribution is -2.34. The highest BCUT2D eigenvalue weighted by atomic mass is 19.1. The van der Waals surface area contributed by atoms with Crippen molar-refractivity contribution in [2.75, 3.05) is 25.0 Å². The van der Waals surface area contributed by atoms with Crippen molar-refractivity contribution >= 4 is 5.69 Å². The van der Waals surface area contributed by atoms with Gasteiger partial charge in [0.05, 0.1) is 5.69 Å². The zero-order chi connectivity index (χ0) is 13.0. The van der Waals surface area contributed by atoms with Gasteiger partial charge in [-0.15, -0.1) is 0 Å². The Morgan fingerprint density at radius 1 is 1.33 bits per heavy atom. The van der Waals surface area contributed by atoms with E-state index < -0.39 is 0 Å². The molecule has 0 atom stereocenters. The van der Waals surface area contributed by atoms with Crippen LogP contribution in [0.25, 0.3) is 0 Å². The molecule has 2 rings (SSSR count). The summed E-state index contributed by atoms with van der Waals surface area (Å²) in [7, 11) is 1.88. The summed E-state index contributed by atoms with van der Waals surface area (Å²) in [5.74, 6) is 0.741. The maximum absolute atomic E-state index is 14.1. The Bertz CT molecular complexity index is 384. The second kappa shape index (κ2) is 6.19. The molecule has 100 valence electrons. The number of hydrogen-bond acceptors (Lipinski definition) is 2. The Morgan fingerprint density at radius 2 is 2.06 bits per heavy atom. The van der Waals surface area contributed by atoms with Gasteiger partial charge in [-0.3, -0.25) is 0 Å². The summed E-state index contributed by atoms with van der Waals surface area (Å²) in [5, 5.41) is 3.04. The van der Waals surface area contributed by atoms with Crippen LogP contribution in [-0.2, 0) is 6.54 Å². The second-order valence-corrected chi connectivity index (χ2v) is 5.15. The molecule has 1 aromatic carbocycles. The molecule has 0 bridgehead atoms. The van der Waals surface area contributed by atoms with Crippen LogP contribution < -0.4 is 10.2 Å². The molecule has 18 heavy (non-hydrogen) atoms. The predicted molar refractivity (Wildman–Crippen MR) is 74.4 cm³/mol. The molecule has 0 aromatic heterocycles. The maximum atomic E-state index is 14.1. The van der Waals surface area contributed by atoms with Crippen LogP contribution in [0.2, 0.25) is 0 Å². The van der Waals surface area contributed by atoms with E-state index in [-0.39, 0.29) is 5.82 Å². The quantitative estimate of drug-likeness (QED) is 0.883. The number of piperidine rings is 1. The molecule has 1 N–H and O–H groups in total. The molecule has 3 heteroatoms. The van der Waals surface area contributed by atoms with Crippen LogP contribution in [0.3, 0.4) is 0 Å². The van der Waals surface area contributed by atoms with Crippen LogP contribution >= 0.6 is 0 Å². The summed E-state index contributed by atoms with van der Waals surface area (Å²) in [6.45, 7) is 4.93.